The summed E-state index contributed by atoms with van der Waals surface area (Å²) in [5, 5.41) is 12.3. The van der Waals surface area contributed by atoms with Crippen LogP contribution in [-0.2, 0) is 19.4 Å². The second kappa shape index (κ2) is 13.1. The predicted molar refractivity (Wildman–Crippen MR) is 169 cm³/mol. The van der Waals surface area contributed by atoms with Gasteiger partial charge in [0.1, 0.15) is 11.6 Å². The maximum atomic E-state index is 13.8. The number of benzene rings is 1. The van der Waals surface area contributed by atoms with Gasteiger partial charge in [0, 0.05) is 30.2 Å². The fourth-order valence-electron chi connectivity index (χ4n) is 5.07. The summed E-state index contributed by atoms with van der Waals surface area (Å²) in [6.07, 6.45) is 6.66. The Morgan fingerprint density at radius 2 is 1.91 bits per heavy atom. The van der Waals surface area contributed by atoms with Gasteiger partial charge in [-0.1, -0.05) is 37.2 Å². The van der Waals surface area contributed by atoms with Crippen LogP contribution < -0.4 is 11.1 Å². The second-order valence-electron chi connectivity index (χ2n) is 10.1. The number of pyridine rings is 2. The number of anilines is 2. The molecule has 1 aliphatic heterocycles. The number of hydrogen-bond acceptors (Lipinski definition) is 9. The van der Waals surface area contributed by atoms with Crippen LogP contribution >= 0.6 is 11.3 Å². The molecule has 0 saturated heterocycles. The number of aromatic nitrogens is 4. The Morgan fingerprint density at radius 3 is 2.56 bits per heavy atom. The van der Waals surface area contributed by atoms with Crippen LogP contribution in [0, 0.1) is 5.82 Å². The monoisotopic (exact) mass is 599 g/mol. The number of thiophene rings is 1. The molecule has 43 heavy (non-hydrogen) atoms. The zero-order valence-electron chi connectivity index (χ0n) is 24.5. The normalized spacial score (nSPS) is 12.3. The van der Waals surface area contributed by atoms with Gasteiger partial charge in [0.05, 0.1) is 33.8 Å². The van der Waals surface area contributed by atoms with E-state index in [9.17, 15) is 9.18 Å². The fraction of sp³-hybridized carbons (Fsp3) is 0.281. The Morgan fingerprint density at radius 1 is 1.14 bits per heavy atom. The molecule has 6 rings (SSSR count). The van der Waals surface area contributed by atoms with Gasteiger partial charge in [-0.25, -0.2) is 9.37 Å². The minimum absolute atomic E-state index is 0.0714. The van der Waals surface area contributed by atoms with Gasteiger partial charge in [-0.15, -0.1) is 23.0 Å². The van der Waals surface area contributed by atoms with Crippen molar-refractivity contribution in [2.75, 3.05) is 24.6 Å². The molecule has 11 heteroatoms. The number of carbonyl (C=O) groups excluding carboxylic acids is 1. The molecular weight excluding hydrogens is 565 g/mol. The summed E-state index contributed by atoms with van der Waals surface area (Å²) in [7, 11) is 1.83. The molecule has 4 aromatic heterocycles. The Bertz CT molecular complexity index is 1760. The summed E-state index contributed by atoms with van der Waals surface area (Å²) < 4.78 is 20.2. The van der Waals surface area contributed by atoms with Gasteiger partial charge < -0.3 is 20.4 Å². The number of nitrogens with two attached hydrogens (primary N) is 1. The van der Waals surface area contributed by atoms with E-state index in [-0.39, 0.29) is 23.6 Å². The highest BCUT2D eigenvalue weighted by molar-refractivity contribution is 7.23. The van der Waals surface area contributed by atoms with Gasteiger partial charge >= 0.3 is 6.01 Å². The van der Waals surface area contributed by atoms with E-state index in [4.69, 9.17) is 15.1 Å². The highest BCUT2D eigenvalue weighted by Gasteiger charge is 2.36. The Kier molecular flexibility index (Phi) is 9.10. The molecule has 0 aliphatic carbocycles. The first-order valence-corrected chi connectivity index (χ1v) is 15.1. The number of nitrogens with zero attached hydrogens (tertiary/aromatic N) is 5. The van der Waals surface area contributed by atoms with E-state index in [1.165, 1.54) is 23.5 Å². The highest BCUT2D eigenvalue weighted by Crippen LogP contribution is 2.46. The topological polar surface area (TPSA) is 123 Å². The smallest absolute Gasteiger partial charge is 0.313 e. The van der Waals surface area contributed by atoms with Crippen molar-refractivity contribution in [2.24, 2.45) is 0 Å². The van der Waals surface area contributed by atoms with E-state index in [1.54, 1.807) is 18.3 Å². The third kappa shape index (κ3) is 6.12. The highest BCUT2D eigenvalue weighted by atomic mass is 32.1. The van der Waals surface area contributed by atoms with Gasteiger partial charge in [0.25, 0.3) is 11.8 Å². The number of aryl methyl sites for hydroxylation is 2. The van der Waals surface area contributed by atoms with E-state index in [1.807, 2.05) is 31.0 Å². The number of nitrogens with one attached hydrogen (secondary N) is 1. The second-order valence-corrected chi connectivity index (χ2v) is 11.1. The quantitative estimate of drug-likeness (QED) is 0.175. The van der Waals surface area contributed by atoms with E-state index < -0.39 is 0 Å². The summed E-state index contributed by atoms with van der Waals surface area (Å²) in [4.78, 5) is 25.9. The lowest BCUT2D eigenvalue weighted by molar-refractivity contribution is 0.0779. The number of rotatable bonds is 9. The Labute approximate surface area is 253 Å². The molecule has 5 heterocycles. The summed E-state index contributed by atoms with van der Waals surface area (Å²) in [5.41, 5.74) is 10.1. The lowest BCUT2D eigenvalue weighted by atomic mass is 9.94. The molecule has 0 fully saturated rings. The van der Waals surface area contributed by atoms with Gasteiger partial charge in [-0.05, 0) is 60.9 Å². The maximum absolute atomic E-state index is 13.8. The standard InChI is InChI=1S/C28H26FN7O2S.C4H8/c1-3-12-36-14-19-22(27(36)37)23(20-13-16-10-11-32-25(31-2)24(16)39-20)21(26-34-35-28(30)38-26)18(33-19)9-6-15-4-7-17(29)8-5-15;1-3-4-2/h4-5,7-8,10-11,13H,3,6,9,12,14H2,1-2H3,(H2,30,35)(H,31,32);3H,1,4H2,2H3. The SMILES string of the molecule is C=CCC.CCCN1Cc2nc(CCc3ccc(F)cc3)c(-c3nnc(N)o3)c(-c3cc4ccnc(NC)c4s3)c2C1=O. The van der Waals surface area contributed by atoms with Gasteiger partial charge in [-0.2, -0.15) is 0 Å². The van der Waals surface area contributed by atoms with Crippen LogP contribution in [0.1, 0.15) is 54.0 Å². The average molecular weight is 600 g/mol. The summed E-state index contributed by atoms with van der Waals surface area (Å²) in [6.45, 7) is 8.64. The molecular formula is C32H34FN7O2S. The molecule has 9 nitrogen and oxygen atoms in total. The third-order valence-electron chi connectivity index (χ3n) is 7.11. The Balaban J connectivity index is 0.000000868. The van der Waals surface area contributed by atoms with Crippen LogP contribution in [0.2, 0.25) is 0 Å². The maximum Gasteiger partial charge on any atom is 0.313 e. The minimum Gasteiger partial charge on any atom is -0.403 e. The lowest BCUT2D eigenvalue weighted by Gasteiger charge is -2.15. The van der Waals surface area contributed by atoms with Crippen molar-refractivity contribution in [3.05, 3.63) is 83.6 Å². The molecule has 0 atom stereocenters. The van der Waals surface area contributed by atoms with Crippen LogP contribution in [0.3, 0.4) is 0 Å². The van der Waals surface area contributed by atoms with Crippen LogP contribution in [0.4, 0.5) is 16.2 Å². The van der Waals surface area contributed by atoms with Crippen LogP contribution in [0.25, 0.3) is 32.0 Å². The largest absolute Gasteiger partial charge is 0.403 e. The van der Waals surface area contributed by atoms with Crippen molar-refractivity contribution in [1.29, 1.82) is 0 Å². The molecule has 1 aliphatic rings. The van der Waals surface area contributed by atoms with E-state index >= 15 is 0 Å². The molecule has 1 aromatic carbocycles. The number of nitrogen functional groups attached to an aromatic ring is 1. The van der Waals surface area contributed by atoms with E-state index in [2.05, 4.69) is 40.1 Å². The minimum atomic E-state index is -0.284. The average Bonchev–Trinajstić information content (AvgIpc) is 3.73. The lowest BCUT2D eigenvalue weighted by Crippen LogP contribution is -2.24. The number of carbonyl (C=O) groups is 1. The van der Waals surface area contributed by atoms with E-state index in [0.717, 1.165) is 44.9 Å². The first-order valence-electron chi connectivity index (χ1n) is 14.2. The first-order chi connectivity index (χ1) is 20.9. The zero-order chi connectivity index (χ0) is 30.5. The number of fused-ring (bicyclic) bond motifs is 2. The third-order valence-corrected chi connectivity index (χ3v) is 8.28. The molecule has 0 unspecified atom stereocenters. The molecule has 0 bridgehead atoms. The van der Waals surface area contributed by atoms with Gasteiger partial charge in [0.2, 0.25) is 0 Å². The number of allylic oxidation sites excluding steroid dienone is 1. The van der Waals surface area contributed by atoms with Crippen molar-refractivity contribution in [1.82, 2.24) is 25.1 Å². The van der Waals surface area contributed by atoms with Gasteiger partial charge in [-0.3, -0.25) is 9.78 Å². The summed E-state index contributed by atoms with van der Waals surface area (Å²) in [5.74, 6) is 0.609. The van der Waals surface area contributed by atoms with Gasteiger partial charge in [0.15, 0.2) is 0 Å². The molecule has 0 saturated carbocycles. The number of amides is 1. The van der Waals surface area contributed by atoms with Crippen LogP contribution in [0.15, 0.2) is 59.7 Å². The Hall–Kier alpha value is -4.64. The molecule has 0 spiro atoms. The fourth-order valence-corrected chi connectivity index (χ4v) is 6.28. The predicted octanol–water partition coefficient (Wildman–Crippen LogP) is 6.90. The molecule has 1 amide bonds. The van der Waals surface area contributed by atoms with Crippen molar-refractivity contribution in [3.63, 3.8) is 0 Å². The number of hydrogen-bond donors (Lipinski definition) is 2. The van der Waals surface area contributed by atoms with E-state index in [0.29, 0.717) is 48.3 Å². The zero-order valence-corrected chi connectivity index (χ0v) is 25.3. The van der Waals surface area contributed by atoms with Crippen molar-refractivity contribution in [3.8, 4) is 21.9 Å². The molecule has 222 valence electrons. The molecule has 5 aromatic rings. The summed E-state index contributed by atoms with van der Waals surface area (Å²) >= 11 is 1.54. The van der Waals surface area contributed by atoms with Crippen molar-refractivity contribution < 1.29 is 13.6 Å². The van der Waals surface area contributed by atoms with Crippen molar-refractivity contribution in [2.45, 2.75) is 46.1 Å². The molecule has 3 N–H and O–H groups in total. The number of halogens is 1. The van der Waals surface area contributed by atoms with Crippen molar-refractivity contribution >= 4 is 39.2 Å². The summed E-state index contributed by atoms with van der Waals surface area (Å²) in [6, 6.07) is 10.4. The van der Waals surface area contributed by atoms with Crippen LogP contribution in [0.5, 0.6) is 0 Å². The van der Waals surface area contributed by atoms with Crippen LogP contribution in [-0.4, -0.2) is 44.6 Å². The molecule has 0 radical (unpaired) electrons. The first kappa shape index (κ1) is 29.8.